The van der Waals surface area contributed by atoms with Crippen molar-refractivity contribution in [3.8, 4) is 17.2 Å². The number of rotatable bonds is 0. The third kappa shape index (κ3) is 1.26. The van der Waals surface area contributed by atoms with E-state index in [1.54, 1.807) is 6.92 Å². The van der Waals surface area contributed by atoms with E-state index in [-0.39, 0.29) is 11.5 Å². The smallest absolute Gasteiger partial charge is 0.201 e. The largest absolute Gasteiger partial charge is 0.504 e. The first-order valence-electron chi connectivity index (χ1n) is 2.94. The molecule has 0 bridgehead atoms. The topological polar surface area (TPSA) is 60.7 Å². The Morgan fingerprint density at radius 1 is 1.18 bits per heavy atom. The second-order valence-electron chi connectivity index (χ2n) is 2.22. The number of halogens is 1. The monoisotopic (exact) mass is 218 g/mol. The summed E-state index contributed by atoms with van der Waals surface area (Å²) in [6.07, 6.45) is 0. The molecule has 4 heteroatoms. The number of phenolic OH excluding ortho intramolecular Hbond substituents is 3. The van der Waals surface area contributed by atoms with Crippen LogP contribution in [0.4, 0.5) is 0 Å². The highest BCUT2D eigenvalue weighted by Crippen LogP contribution is 2.41. The van der Waals surface area contributed by atoms with Gasteiger partial charge in [-0.25, -0.2) is 0 Å². The van der Waals surface area contributed by atoms with Crippen LogP contribution in [-0.2, 0) is 0 Å². The molecule has 11 heavy (non-hydrogen) atoms. The molecule has 0 fully saturated rings. The van der Waals surface area contributed by atoms with Crippen LogP contribution >= 0.6 is 15.9 Å². The molecule has 0 amide bonds. The highest BCUT2D eigenvalue weighted by molar-refractivity contribution is 9.10. The first-order valence-corrected chi connectivity index (χ1v) is 3.73. The number of benzene rings is 1. The second kappa shape index (κ2) is 2.62. The minimum absolute atomic E-state index is 0.316. The van der Waals surface area contributed by atoms with Crippen molar-refractivity contribution in [1.29, 1.82) is 0 Å². The highest BCUT2D eigenvalue weighted by atomic mass is 79.9. The molecule has 1 rings (SSSR count). The third-order valence-electron chi connectivity index (χ3n) is 1.37. The van der Waals surface area contributed by atoms with E-state index in [1.165, 1.54) is 6.07 Å². The van der Waals surface area contributed by atoms with Crippen molar-refractivity contribution in [2.24, 2.45) is 0 Å². The number of hydrogen-bond acceptors (Lipinski definition) is 3. The van der Waals surface area contributed by atoms with Crippen LogP contribution in [-0.4, -0.2) is 15.3 Å². The summed E-state index contributed by atoms with van der Waals surface area (Å²) >= 11 is 3.04. The van der Waals surface area contributed by atoms with Gasteiger partial charge < -0.3 is 15.3 Å². The van der Waals surface area contributed by atoms with E-state index in [0.717, 1.165) is 0 Å². The van der Waals surface area contributed by atoms with Gasteiger partial charge in [-0.1, -0.05) is 0 Å². The number of hydrogen-bond donors (Lipinski definition) is 3. The lowest BCUT2D eigenvalue weighted by molar-refractivity contribution is 0.366. The fourth-order valence-corrected chi connectivity index (χ4v) is 1.05. The molecule has 0 aliphatic heterocycles. The van der Waals surface area contributed by atoms with Crippen LogP contribution in [0.2, 0.25) is 0 Å². The van der Waals surface area contributed by atoms with Crippen LogP contribution in [0.25, 0.3) is 0 Å². The molecule has 1 aromatic rings. The Kier molecular flexibility index (Phi) is 1.95. The summed E-state index contributed by atoms with van der Waals surface area (Å²) in [5, 5.41) is 27.1. The molecule has 0 heterocycles. The third-order valence-corrected chi connectivity index (χ3v) is 2.38. The Morgan fingerprint density at radius 2 is 1.73 bits per heavy atom. The molecule has 0 atom stereocenters. The fourth-order valence-electron chi connectivity index (χ4n) is 0.749. The van der Waals surface area contributed by atoms with Gasteiger partial charge in [-0.05, 0) is 34.5 Å². The molecule has 3 nitrogen and oxygen atoms in total. The Morgan fingerprint density at radius 3 is 2.27 bits per heavy atom. The normalized spacial score (nSPS) is 10.0. The first kappa shape index (κ1) is 8.20. The SMILES string of the molecule is Cc1cc(O)c(O)c(O)c1Br. The Labute approximate surface area is 72.0 Å². The highest BCUT2D eigenvalue weighted by Gasteiger charge is 2.11. The van der Waals surface area contributed by atoms with Gasteiger partial charge in [0.15, 0.2) is 11.5 Å². The maximum absolute atomic E-state index is 9.11. The zero-order valence-corrected chi connectivity index (χ0v) is 7.38. The molecule has 0 aliphatic carbocycles. The molecule has 3 N–H and O–H groups in total. The summed E-state index contributed by atoms with van der Waals surface area (Å²) in [6.45, 7) is 1.70. The van der Waals surface area contributed by atoms with Gasteiger partial charge in [0.1, 0.15) is 0 Å². The summed E-state index contributed by atoms with van der Waals surface area (Å²) in [6, 6.07) is 1.36. The summed E-state index contributed by atoms with van der Waals surface area (Å²) in [7, 11) is 0. The van der Waals surface area contributed by atoms with Gasteiger partial charge in [0.2, 0.25) is 5.75 Å². The van der Waals surface area contributed by atoms with Gasteiger partial charge in [0.25, 0.3) is 0 Å². The van der Waals surface area contributed by atoms with Gasteiger partial charge in [-0.15, -0.1) is 0 Å². The predicted molar refractivity (Wildman–Crippen MR) is 43.9 cm³/mol. The molecule has 0 radical (unpaired) electrons. The van der Waals surface area contributed by atoms with E-state index in [9.17, 15) is 0 Å². The van der Waals surface area contributed by atoms with E-state index in [1.807, 2.05) is 0 Å². The van der Waals surface area contributed by atoms with Gasteiger partial charge >= 0.3 is 0 Å². The standard InChI is InChI=1S/C7H7BrO3/c1-3-2-4(9)6(10)7(11)5(3)8/h2,9-11H,1H3. The zero-order chi connectivity index (χ0) is 8.59. The van der Waals surface area contributed by atoms with Gasteiger partial charge in [0, 0.05) is 0 Å². The van der Waals surface area contributed by atoms with Crippen LogP contribution in [0.3, 0.4) is 0 Å². The van der Waals surface area contributed by atoms with Crippen LogP contribution in [0.15, 0.2) is 10.5 Å². The lowest BCUT2D eigenvalue weighted by atomic mass is 10.2. The van der Waals surface area contributed by atoms with Crippen molar-refractivity contribution in [3.05, 3.63) is 16.1 Å². The fraction of sp³-hybridized carbons (Fsp3) is 0.143. The second-order valence-corrected chi connectivity index (χ2v) is 3.02. The maximum atomic E-state index is 9.11. The van der Waals surface area contributed by atoms with E-state index in [0.29, 0.717) is 10.0 Å². The van der Waals surface area contributed by atoms with Gasteiger partial charge in [-0.3, -0.25) is 0 Å². The number of phenols is 3. The summed E-state index contributed by atoms with van der Waals surface area (Å²) in [4.78, 5) is 0. The molecule has 0 unspecified atom stereocenters. The zero-order valence-electron chi connectivity index (χ0n) is 5.80. The number of aromatic hydroxyl groups is 3. The van der Waals surface area contributed by atoms with Crippen LogP contribution in [0.5, 0.6) is 17.2 Å². The predicted octanol–water partition coefficient (Wildman–Crippen LogP) is 1.87. The average molecular weight is 219 g/mol. The van der Waals surface area contributed by atoms with E-state index in [4.69, 9.17) is 15.3 Å². The van der Waals surface area contributed by atoms with Crippen LogP contribution < -0.4 is 0 Å². The van der Waals surface area contributed by atoms with E-state index >= 15 is 0 Å². The quantitative estimate of drug-likeness (QED) is 0.583. The molecule has 60 valence electrons. The molecule has 0 saturated carbocycles. The molecule has 0 spiro atoms. The average Bonchev–Trinajstić information content (AvgIpc) is 1.97. The molecular formula is C7H7BrO3. The van der Waals surface area contributed by atoms with Crippen LogP contribution in [0, 0.1) is 6.92 Å². The van der Waals surface area contributed by atoms with Crippen molar-refractivity contribution in [2.75, 3.05) is 0 Å². The van der Waals surface area contributed by atoms with Gasteiger partial charge in [-0.2, -0.15) is 0 Å². The Bertz CT molecular complexity index is 270. The summed E-state index contributed by atoms with van der Waals surface area (Å²) in [5.41, 5.74) is 0.665. The Hall–Kier alpha value is -0.900. The molecule has 0 saturated heterocycles. The van der Waals surface area contributed by atoms with Crippen molar-refractivity contribution in [3.63, 3.8) is 0 Å². The van der Waals surface area contributed by atoms with Crippen LogP contribution in [0.1, 0.15) is 5.56 Å². The molecule has 1 aromatic carbocycles. The minimum atomic E-state index is -0.498. The summed E-state index contributed by atoms with van der Waals surface area (Å²) < 4.78 is 0.396. The summed E-state index contributed by atoms with van der Waals surface area (Å²) in [5.74, 6) is -1.15. The van der Waals surface area contributed by atoms with Crippen molar-refractivity contribution >= 4 is 15.9 Å². The molecule has 0 aromatic heterocycles. The molecular weight excluding hydrogens is 212 g/mol. The van der Waals surface area contributed by atoms with Crippen molar-refractivity contribution in [2.45, 2.75) is 6.92 Å². The Balaban J connectivity index is 3.46. The molecule has 0 aliphatic rings. The van der Waals surface area contributed by atoms with Gasteiger partial charge in [0.05, 0.1) is 4.47 Å². The lowest BCUT2D eigenvalue weighted by Crippen LogP contribution is -1.78. The van der Waals surface area contributed by atoms with E-state index in [2.05, 4.69) is 15.9 Å². The number of aryl methyl sites for hydroxylation is 1. The van der Waals surface area contributed by atoms with Crippen molar-refractivity contribution in [1.82, 2.24) is 0 Å². The van der Waals surface area contributed by atoms with E-state index < -0.39 is 5.75 Å². The first-order chi connectivity index (χ1) is 5.04. The minimum Gasteiger partial charge on any atom is -0.504 e. The maximum Gasteiger partial charge on any atom is 0.201 e. The lowest BCUT2D eigenvalue weighted by Gasteiger charge is -2.04. The van der Waals surface area contributed by atoms with Crippen molar-refractivity contribution < 1.29 is 15.3 Å².